The van der Waals surface area contributed by atoms with Crippen LogP contribution in [-0.2, 0) is 0 Å². The first-order valence-corrected chi connectivity index (χ1v) is 7.69. The van der Waals surface area contributed by atoms with Crippen molar-refractivity contribution >= 4 is 15.9 Å². The van der Waals surface area contributed by atoms with E-state index in [1.807, 2.05) is 32.9 Å². The van der Waals surface area contributed by atoms with Crippen LogP contribution in [0, 0.1) is 25.5 Å². The van der Waals surface area contributed by atoms with E-state index < -0.39 is 17.7 Å². The number of nitrogens with one attached hydrogen (secondary N) is 1. The summed E-state index contributed by atoms with van der Waals surface area (Å²) < 4.78 is 29.2. The van der Waals surface area contributed by atoms with Crippen molar-refractivity contribution in [3.63, 3.8) is 0 Å². The molecule has 1 nitrogen and oxygen atoms in total. The third-order valence-electron chi connectivity index (χ3n) is 3.49. The zero-order valence-electron chi connectivity index (χ0n) is 12.3. The van der Waals surface area contributed by atoms with E-state index in [1.165, 1.54) is 18.2 Å². The molecule has 2 rings (SSSR count). The van der Waals surface area contributed by atoms with Gasteiger partial charge < -0.3 is 5.32 Å². The highest BCUT2D eigenvalue weighted by molar-refractivity contribution is 9.10. The van der Waals surface area contributed by atoms with Crippen LogP contribution < -0.4 is 5.32 Å². The van der Waals surface area contributed by atoms with Gasteiger partial charge in [-0.15, -0.1) is 0 Å². The van der Waals surface area contributed by atoms with E-state index in [4.69, 9.17) is 0 Å². The van der Waals surface area contributed by atoms with Crippen LogP contribution in [0.4, 0.5) is 8.78 Å². The highest BCUT2D eigenvalue weighted by atomic mass is 79.9. The van der Waals surface area contributed by atoms with Crippen molar-refractivity contribution < 1.29 is 8.78 Å². The second kappa shape index (κ2) is 6.67. The molecule has 0 saturated heterocycles. The number of halogens is 3. The molecule has 0 spiro atoms. The molecule has 2 aromatic rings. The number of benzene rings is 2. The molecule has 0 bridgehead atoms. The van der Waals surface area contributed by atoms with Gasteiger partial charge in [0.15, 0.2) is 0 Å². The summed E-state index contributed by atoms with van der Waals surface area (Å²) in [6.07, 6.45) is 0. The van der Waals surface area contributed by atoms with Gasteiger partial charge in [-0.1, -0.05) is 41.1 Å². The maximum atomic E-state index is 14.1. The Hall–Kier alpha value is -1.26. The second-order valence-electron chi connectivity index (χ2n) is 5.09. The molecule has 0 aromatic heterocycles. The molecule has 4 heteroatoms. The molecule has 21 heavy (non-hydrogen) atoms. The lowest BCUT2D eigenvalue weighted by Gasteiger charge is -2.21. The van der Waals surface area contributed by atoms with Gasteiger partial charge in [-0.05, 0) is 49.2 Å². The zero-order chi connectivity index (χ0) is 15.6. The van der Waals surface area contributed by atoms with Gasteiger partial charge in [0.25, 0.3) is 0 Å². The Morgan fingerprint density at radius 2 is 1.62 bits per heavy atom. The first kappa shape index (κ1) is 16.1. The minimum Gasteiger partial charge on any atom is -0.306 e. The summed E-state index contributed by atoms with van der Waals surface area (Å²) in [6, 6.07) is 7.38. The lowest BCUT2D eigenvalue weighted by Crippen LogP contribution is -2.24. The predicted molar refractivity (Wildman–Crippen MR) is 85.5 cm³/mol. The van der Waals surface area contributed by atoms with Crippen molar-refractivity contribution in [2.75, 3.05) is 6.54 Å². The summed E-state index contributed by atoms with van der Waals surface area (Å²) in [5, 5.41) is 3.18. The van der Waals surface area contributed by atoms with E-state index in [0.29, 0.717) is 6.54 Å². The fourth-order valence-corrected chi connectivity index (χ4v) is 2.75. The fourth-order valence-electron chi connectivity index (χ4n) is 2.52. The van der Waals surface area contributed by atoms with Crippen LogP contribution in [0.1, 0.15) is 35.2 Å². The monoisotopic (exact) mass is 353 g/mol. The summed E-state index contributed by atoms with van der Waals surface area (Å²) in [5.74, 6) is -1.06. The van der Waals surface area contributed by atoms with Gasteiger partial charge in [0.1, 0.15) is 11.6 Å². The van der Waals surface area contributed by atoms with Gasteiger partial charge in [0.2, 0.25) is 0 Å². The van der Waals surface area contributed by atoms with E-state index in [2.05, 4.69) is 21.2 Å². The highest BCUT2D eigenvalue weighted by Gasteiger charge is 2.22. The third kappa shape index (κ3) is 3.33. The van der Waals surface area contributed by atoms with Gasteiger partial charge in [-0.25, -0.2) is 8.78 Å². The van der Waals surface area contributed by atoms with Crippen LogP contribution in [0.25, 0.3) is 0 Å². The molecule has 0 fully saturated rings. The molecular weight excluding hydrogens is 336 g/mol. The third-order valence-corrected chi connectivity index (χ3v) is 4.74. The SMILES string of the molecule is CCNC(c1cc(C)c(Br)c(C)c1)c1c(F)cccc1F. The normalized spacial score (nSPS) is 12.5. The topological polar surface area (TPSA) is 12.0 Å². The minimum absolute atomic E-state index is 0.0699. The Labute approximate surface area is 132 Å². The number of hydrogen-bond acceptors (Lipinski definition) is 1. The van der Waals surface area contributed by atoms with Crippen LogP contribution in [0.5, 0.6) is 0 Å². The molecule has 0 aliphatic heterocycles. The van der Waals surface area contributed by atoms with E-state index in [9.17, 15) is 8.78 Å². The molecule has 0 saturated carbocycles. The molecule has 0 radical (unpaired) electrons. The van der Waals surface area contributed by atoms with Crippen molar-refractivity contribution in [2.45, 2.75) is 26.8 Å². The van der Waals surface area contributed by atoms with Gasteiger partial charge in [0, 0.05) is 10.0 Å². The Kier molecular flexibility index (Phi) is 5.12. The molecule has 0 heterocycles. The second-order valence-corrected chi connectivity index (χ2v) is 5.89. The summed E-state index contributed by atoms with van der Waals surface area (Å²) in [4.78, 5) is 0. The molecule has 1 N–H and O–H groups in total. The predicted octanol–water partition coefficient (Wildman–Crippen LogP) is 5.04. The molecule has 1 atom stereocenters. The first-order chi connectivity index (χ1) is 9.95. The van der Waals surface area contributed by atoms with Crippen LogP contribution in [0.15, 0.2) is 34.8 Å². The quantitative estimate of drug-likeness (QED) is 0.811. The maximum absolute atomic E-state index is 14.1. The molecule has 2 aromatic carbocycles. The van der Waals surface area contributed by atoms with Gasteiger partial charge in [-0.2, -0.15) is 0 Å². The highest BCUT2D eigenvalue weighted by Crippen LogP contribution is 2.31. The lowest BCUT2D eigenvalue weighted by atomic mass is 9.94. The average molecular weight is 354 g/mol. The van der Waals surface area contributed by atoms with Crippen molar-refractivity contribution in [3.8, 4) is 0 Å². The smallest absolute Gasteiger partial charge is 0.131 e. The molecule has 0 aliphatic rings. The first-order valence-electron chi connectivity index (χ1n) is 6.89. The molecule has 0 aliphatic carbocycles. The Bertz CT molecular complexity index is 612. The molecule has 0 amide bonds. The molecule has 112 valence electrons. The Morgan fingerprint density at radius 3 is 2.10 bits per heavy atom. The number of rotatable bonds is 4. The van der Waals surface area contributed by atoms with Crippen LogP contribution in [-0.4, -0.2) is 6.54 Å². The average Bonchev–Trinajstić information content (AvgIpc) is 2.43. The molecular formula is C17H18BrF2N. The van der Waals surface area contributed by atoms with E-state index in [1.54, 1.807) is 0 Å². The number of hydrogen-bond donors (Lipinski definition) is 1. The van der Waals surface area contributed by atoms with E-state index in [0.717, 1.165) is 21.2 Å². The summed E-state index contributed by atoms with van der Waals surface area (Å²) in [7, 11) is 0. The summed E-state index contributed by atoms with van der Waals surface area (Å²) in [6.45, 7) is 6.49. The largest absolute Gasteiger partial charge is 0.306 e. The molecule has 1 unspecified atom stereocenters. The van der Waals surface area contributed by atoms with Crippen LogP contribution in [0.2, 0.25) is 0 Å². The van der Waals surface area contributed by atoms with E-state index in [-0.39, 0.29) is 5.56 Å². The fraction of sp³-hybridized carbons (Fsp3) is 0.294. The minimum atomic E-state index is -0.529. The van der Waals surface area contributed by atoms with Crippen molar-refractivity contribution in [1.29, 1.82) is 0 Å². The van der Waals surface area contributed by atoms with Gasteiger partial charge in [0.05, 0.1) is 6.04 Å². The number of aryl methyl sites for hydroxylation is 2. The maximum Gasteiger partial charge on any atom is 0.131 e. The van der Waals surface area contributed by atoms with Crippen molar-refractivity contribution in [3.05, 3.63) is 68.7 Å². The standard InChI is InChI=1S/C17H18BrF2N/c1-4-21-17(15-13(19)6-5-7-14(15)20)12-8-10(2)16(18)11(3)9-12/h5-9,17,21H,4H2,1-3H3. The van der Waals surface area contributed by atoms with Crippen molar-refractivity contribution in [1.82, 2.24) is 5.32 Å². The summed E-state index contributed by atoms with van der Waals surface area (Å²) >= 11 is 3.52. The lowest BCUT2D eigenvalue weighted by molar-refractivity contribution is 0.510. The van der Waals surface area contributed by atoms with Crippen LogP contribution in [0.3, 0.4) is 0 Å². The Balaban J connectivity index is 2.59. The van der Waals surface area contributed by atoms with Crippen LogP contribution >= 0.6 is 15.9 Å². The Morgan fingerprint density at radius 1 is 1.10 bits per heavy atom. The van der Waals surface area contributed by atoms with E-state index >= 15 is 0 Å². The van der Waals surface area contributed by atoms with Crippen molar-refractivity contribution in [2.24, 2.45) is 0 Å². The summed E-state index contributed by atoms with van der Waals surface area (Å²) in [5.41, 5.74) is 3.02. The van der Waals surface area contributed by atoms with Gasteiger partial charge in [-0.3, -0.25) is 0 Å². The zero-order valence-corrected chi connectivity index (χ0v) is 13.9. The van der Waals surface area contributed by atoms with Gasteiger partial charge >= 0.3 is 0 Å².